The molecular formula is C24H34N4O3S. The van der Waals surface area contributed by atoms with E-state index < -0.39 is 10.0 Å². The number of amides is 1. The summed E-state index contributed by atoms with van der Waals surface area (Å²) >= 11 is 0. The molecule has 2 aromatic rings. The van der Waals surface area contributed by atoms with Gasteiger partial charge in [0.1, 0.15) is 0 Å². The van der Waals surface area contributed by atoms with Crippen LogP contribution < -0.4 is 10.2 Å². The summed E-state index contributed by atoms with van der Waals surface area (Å²) in [6, 6.07) is 13.5. The van der Waals surface area contributed by atoms with E-state index >= 15 is 0 Å². The molecule has 0 radical (unpaired) electrons. The highest BCUT2D eigenvalue weighted by atomic mass is 32.2. The second kappa shape index (κ2) is 10.5. The van der Waals surface area contributed by atoms with Gasteiger partial charge >= 0.3 is 0 Å². The molecular weight excluding hydrogens is 424 g/mol. The van der Waals surface area contributed by atoms with Crippen molar-refractivity contribution in [2.45, 2.75) is 32.6 Å². The highest BCUT2D eigenvalue weighted by Crippen LogP contribution is 2.24. The number of anilines is 2. The molecule has 2 aromatic carbocycles. The monoisotopic (exact) mass is 458 g/mol. The van der Waals surface area contributed by atoms with E-state index in [0.717, 1.165) is 26.2 Å². The van der Waals surface area contributed by atoms with Crippen LogP contribution in [-0.2, 0) is 14.8 Å². The van der Waals surface area contributed by atoms with Crippen LogP contribution in [0.5, 0.6) is 0 Å². The summed E-state index contributed by atoms with van der Waals surface area (Å²) in [4.78, 5) is 17.4. The molecule has 1 aliphatic rings. The van der Waals surface area contributed by atoms with E-state index in [1.165, 1.54) is 15.6 Å². The van der Waals surface area contributed by atoms with Gasteiger partial charge in [0, 0.05) is 50.6 Å². The van der Waals surface area contributed by atoms with Crippen LogP contribution in [0.2, 0.25) is 0 Å². The SMILES string of the molecule is CCN(CC)S(=O)(=O)c1cc(NC(=O)CN2CCN(c3cccc(C)c3)CC2)ccc1C. The first-order chi connectivity index (χ1) is 15.2. The maximum absolute atomic E-state index is 12.9. The van der Waals surface area contributed by atoms with Gasteiger partial charge in [0.25, 0.3) is 0 Å². The van der Waals surface area contributed by atoms with Crippen molar-refractivity contribution in [2.75, 3.05) is 56.0 Å². The quantitative estimate of drug-likeness (QED) is 0.658. The number of rotatable bonds is 8. The summed E-state index contributed by atoms with van der Waals surface area (Å²) in [5.74, 6) is -0.135. The average molecular weight is 459 g/mol. The smallest absolute Gasteiger partial charge is 0.243 e. The molecule has 1 N–H and O–H groups in total. The summed E-state index contributed by atoms with van der Waals surface area (Å²) in [5, 5.41) is 2.88. The summed E-state index contributed by atoms with van der Waals surface area (Å²) in [6.45, 7) is 11.9. The average Bonchev–Trinajstić information content (AvgIpc) is 2.76. The van der Waals surface area contributed by atoms with Crippen molar-refractivity contribution in [3.05, 3.63) is 53.6 Å². The number of hydrogen-bond donors (Lipinski definition) is 1. The molecule has 0 spiro atoms. The van der Waals surface area contributed by atoms with E-state index in [1.54, 1.807) is 25.1 Å². The van der Waals surface area contributed by atoms with Crippen LogP contribution in [0.3, 0.4) is 0 Å². The molecule has 0 unspecified atom stereocenters. The number of aryl methyl sites for hydroxylation is 2. The fraction of sp³-hybridized carbons (Fsp3) is 0.458. The van der Waals surface area contributed by atoms with Gasteiger partial charge in [-0.3, -0.25) is 9.69 Å². The topological polar surface area (TPSA) is 73.0 Å². The summed E-state index contributed by atoms with van der Waals surface area (Å²) in [5.41, 5.74) is 3.63. The Labute approximate surface area is 192 Å². The van der Waals surface area contributed by atoms with Gasteiger partial charge in [-0.2, -0.15) is 4.31 Å². The predicted molar refractivity (Wildman–Crippen MR) is 130 cm³/mol. The standard InChI is InChI=1S/C24H34N4O3S/c1-5-28(6-2)32(30,31)23-17-21(11-10-20(23)4)25-24(29)18-26-12-14-27(15-13-26)22-9-7-8-19(3)16-22/h7-11,16-17H,5-6,12-15,18H2,1-4H3,(H,25,29). The van der Waals surface area contributed by atoms with Crippen LogP contribution in [0.25, 0.3) is 0 Å². The van der Waals surface area contributed by atoms with Gasteiger partial charge in [-0.25, -0.2) is 8.42 Å². The Hall–Kier alpha value is -2.42. The lowest BCUT2D eigenvalue weighted by Crippen LogP contribution is -2.48. The molecule has 0 aromatic heterocycles. The fourth-order valence-electron chi connectivity index (χ4n) is 4.05. The van der Waals surface area contributed by atoms with Crippen LogP contribution in [0, 0.1) is 13.8 Å². The molecule has 174 valence electrons. The van der Waals surface area contributed by atoms with Gasteiger partial charge in [-0.1, -0.05) is 32.0 Å². The second-order valence-corrected chi connectivity index (χ2v) is 10.1. The van der Waals surface area contributed by atoms with Crippen molar-refractivity contribution in [3.63, 3.8) is 0 Å². The Bertz CT molecular complexity index is 1040. The number of carbonyl (C=O) groups is 1. The Morgan fingerprint density at radius 1 is 1.00 bits per heavy atom. The van der Waals surface area contributed by atoms with Crippen LogP contribution in [0.4, 0.5) is 11.4 Å². The second-order valence-electron chi connectivity index (χ2n) is 8.22. The van der Waals surface area contributed by atoms with Gasteiger partial charge in [0.05, 0.1) is 11.4 Å². The van der Waals surface area contributed by atoms with E-state index in [2.05, 4.69) is 46.3 Å². The lowest BCUT2D eigenvalue weighted by Gasteiger charge is -2.35. The predicted octanol–water partition coefficient (Wildman–Crippen LogP) is 3.09. The molecule has 1 fully saturated rings. The van der Waals surface area contributed by atoms with E-state index in [4.69, 9.17) is 0 Å². The van der Waals surface area contributed by atoms with E-state index in [-0.39, 0.29) is 17.3 Å². The minimum absolute atomic E-state index is 0.135. The highest BCUT2D eigenvalue weighted by Gasteiger charge is 2.24. The number of nitrogens with one attached hydrogen (secondary N) is 1. The molecule has 0 atom stereocenters. The van der Waals surface area contributed by atoms with Crippen LogP contribution in [-0.4, -0.2) is 69.3 Å². The first-order valence-electron chi connectivity index (χ1n) is 11.2. The minimum atomic E-state index is -3.59. The maximum Gasteiger partial charge on any atom is 0.243 e. The summed E-state index contributed by atoms with van der Waals surface area (Å²) in [7, 11) is -3.59. The Balaban J connectivity index is 1.60. The molecule has 7 nitrogen and oxygen atoms in total. The molecule has 1 saturated heterocycles. The molecule has 1 amide bonds. The first kappa shape index (κ1) is 24.2. The minimum Gasteiger partial charge on any atom is -0.369 e. The molecule has 1 heterocycles. The van der Waals surface area contributed by atoms with Crippen molar-refractivity contribution < 1.29 is 13.2 Å². The van der Waals surface area contributed by atoms with Crippen molar-refractivity contribution in [1.29, 1.82) is 0 Å². The van der Waals surface area contributed by atoms with Crippen molar-refractivity contribution in [2.24, 2.45) is 0 Å². The number of carbonyl (C=O) groups excluding carboxylic acids is 1. The summed E-state index contributed by atoms with van der Waals surface area (Å²) in [6.07, 6.45) is 0. The number of benzene rings is 2. The Morgan fingerprint density at radius 3 is 2.31 bits per heavy atom. The van der Waals surface area contributed by atoms with Gasteiger partial charge in [-0.05, 0) is 49.2 Å². The largest absolute Gasteiger partial charge is 0.369 e. The first-order valence-corrected chi connectivity index (χ1v) is 12.6. The lowest BCUT2D eigenvalue weighted by atomic mass is 10.2. The molecule has 0 bridgehead atoms. The zero-order chi connectivity index (χ0) is 23.3. The summed E-state index contributed by atoms with van der Waals surface area (Å²) < 4.78 is 27.3. The van der Waals surface area contributed by atoms with Crippen molar-refractivity contribution in [3.8, 4) is 0 Å². The Morgan fingerprint density at radius 2 is 1.69 bits per heavy atom. The number of nitrogens with zero attached hydrogens (tertiary/aromatic N) is 3. The van der Waals surface area contributed by atoms with Gasteiger partial charge < -0.3 is 10.2 Å². The third kappa shape index (κ3) is 5.68. The molecule has 32 heavy (non-hydrogen) atoms. The highest BCUT2D eigenvalue weighted by molar-refractivity contribution is 7.89. The molecule has 1 aliphatic heterocycles. The number of hydrogen-bond acceptors (Lipinski definition) is 5. The third-order valence-corrected chi connectivity index (χ3v) is 8.09. The van der Waals surface area contributed by atoms with E-state index in [0.29, 0.717) is 24.3 Å². The van der Waals surface area contributed by atoms with Gasteiger partial charge in [-0.15, -0.1) is 0 Å². The van der Waals surface area contributed by atoms with E-state index in [9.17, 15) is 13.2 Å². The third-order valence-electron chi connectivity index (χ3n) is 5.90. The molecule has 0 aliphatic carbocycles. The molecule has 3 rings (SSSR count). The number of sulfonamides is 1. The Kier molecular flexibility index (Phi) is 7.92. The fourth-order valence-corrected chi connectivity index (χ4v) is 5.76. The van der Waals surface area contributed by atoms with Crippen LogP contribution >= 0.6 is 0 Å². The zero-order valence-corrected chi connectivity index (χ0v) is 20.3. The zero-order valence-electron chi connectivity index (χ0n) is 19.5. The maximum atomic E-state index is 12.9. The normalized spacial score (nSPS) is 15.2. The van der Waals surface area contributed by atoms with Crippen molar-refractivity contribution >= 4 is 27.3 Å². The van der Waals surface area contributed by atoms with Crippen LogP contribution in [0.15, 0.2) is 47.4 Å². The van der Waals surface area contributed by atoms with Crippen LogP contribution in [0.1, 0.15) is 25.0 Å². The lowest BCUT2D eigenvalue weighted by molar-refractivity contribution is -0.117. The van der Waals surface area contributed by atoms with Gasteiger partial charge in [0.15, 0.2) is 0 Å². The van der Waals surface area contributed by atoms with Crippen molar-refractivity contribution in [1.82, 2.24) is 9.21 Å². The van der Waals surface area contributed by atoms with E-state index in [1.807, 2.05) is 13.8 Å². The molecule has 0 saturated carbocycles. The number of piperazine rings is 1. The van der Waals surface area contributed by atoms with Gasteiger partial charge in [0.2, 0.25) is 15.9 Å². The molecule has 8 heteroatoms.